The molecular formula is C8H12O3. The Bertz CT molecular complexity index is 140. The number of ether oxygens (including phenoxy) is 1. The number of esters is 1. The van der Waals surface area contributed by atoms with E-state index in [0.717, 1.165) is 19.0 Å². The summed E-state index contributed by atoms with van der Waals surface area (Å²) in [5.41, 5.74) is 0. The van der Waals surface area contributed by atoms with Crippen LogP contribution in [-0.2, 0) is 14.3 Å². The molecule has 0 saturated heterocycles. The molecule has 0 aromatic carbocycles. The van der Waals surface area contributed by atoms with Crippen LogP contribution in [0.5, 0.6) is 0 Å². The zero-order valence-electron chi connectivity index (χ0n) is 6.41. The van der Waals surface area contributed by atoms with Crippen LogP contribution in [0.25, 0.3) is 0 Å². The molecule has 0 atom stereocenters. The van der Waals surface area contributed by atoms with Crippen LogP contribution in [0.4, 0.5) is 0 Å². The minimum atomic E-state index is -0.286. The number of aldehydes is 1. The Morgan fingerprint density at radius 3 is 2.73 bits per heavy atom. The Balaban J connectivity index is 3.16. The lowest BCUT2D eigenvalue weighted by molar-refractivity contribution is -0.138. The zero-order chi connectivity index (χ0) is 8.53. The molecule has 0 aliphatic rings. The monoisotopic (exact) mass is 156 g/mol. The molecule has 0 N–H and O–H groups in total. The predicted octanol–water partition coefficient (Wildman–Crippen LogP) is 1.43. The van der Waals surface area contributed by atoms with Gasteiger partial charge in [-0.2, -0.15) is 0 Å². The molecule has 0 unspecified atom stereocenters. The quantitative estimate of drug-likeness (QED) is 0.253. The number of rotatable bonds is 6. The molecule has 0 bridgehead atoms. The summed E-state index contributed by atoms with van der Waals surface area (Å²) in [4.78, 5) is 20.5. The summed E-state index contributed by atoms with van der Waals surface area (Å²) in [6.45, 7) is 3.25. The van der Waals surface area contributed by atoms with E-state index in [9.17, 15) is 9.59 Å². The average molecular weight is 156 g/mol. The van der Waals surface area contributed by atoms with Gasteiger partial charge in [-0.05, 0) is 12.8 Å². The van der Waals surface area contributed by atoms with Crippen LogP contribution in [0, 0.1) is 0 Å². The molecule has 0 heterocycles. The maximum atomic E-state index is 10.6. The molecule has 0 aliphatic carbocycles. The molecule has 0 fully saturated rings. The van der Waals surface area contributed by atoms with Gasteiger partial charge in [0, 0.05) is 12.8 Å². The van der Waals surface area contributed by atoms with Crippen molar-refractivity contribution in [2.24, 2.45) is 0 Å². The summed E-state index contributed by atoms with van der Waals surface area (Å²) in [7, 11) is 0. The fraction of sp³-hybridized carbons (Fsp3) is 0.500. The Morgan fingerprint density at radius 2 is 2.18 bits per heavy atom. The molecule has 0 radical (unpaired) electrons. The fourth-order valence-electron chi connectivity index (χ4n) is 0.649. The summed E-state index contributed by atoms with van der Waals surface area (Å²) < 4.78 is 4.46. The molecule has 0 amide bonds. The van der Waals surface area contributed by atoms with Crippen LogP contribution in [-0.4, -0.2) is 12.3 Å². The van der Waals surface area contributed by atoms with E-state index in [0.29, 0.717) is 19.3 Å². The van der Waals surface area contributed by atoms with Crippen molar-refractivity contribution in [3.63, 3.8) is 0 Å². The van der Waals surface area contributed by atoms with Gasteiger partial charge >= 0.3 is 5.97 Å². The van der Waals surface area contributed by atoms with E-state index < -0.39 is 0 Å². The van der Waals surface area contributed by atoms with Crippen LogP contribution < -0.4 is 0 Å². The summed E-state index contributed by atoms with van der Waals surface area (Å²) in [5.74, 6) is -0.286. The van der Waals surface area contributed by atoms with Crippen molar-refractivity contribution in [1.82, 2.24) is 0 Å². The number of carbonyl (C=O) groups excluding carboxylic acids is 2. The fourth-order valence-corrected chi connectivity index (χ4v) is 0.649. The molecular weight excluding hydrogens is 144 g/mol. The standard InChI is InChI=1S/C8H12O3/c1-2-11-8(10)6-4-3-5-7-9/h2,7H,1,3-6H2. The van der Waals surface area contributed by atoms with E-state index in [1.54, 1.807) is 0 Å². The van der Waals surface area contributed by atoms with Crippen molar-refractivity contribution in [2.75, 3.05) is 0 Å². The van der Waals surface area contributed by atoms with Crippen molar-refractivity contribution in [1.29, 1.82) is 0 Å². The normalized spacial score (nSPS) is 8.73. The highest BCUT2D eigenvalue weighted by Gasteiger charge is 1.98. The second-order valence-electron chi connectivity index (χ2n) is 2.07. The third kappa shape index (κ3) is 6.77. The van der Waals surface area contributed by atoms with Crippen molar-refractivity contribution >= 4 is 12.3 Å². The molecule has 3 heteroatoms. The van der Waals surface area contributed by atoms with E-state index in [1.807, 2.05) is 0 Å². The van der Waals surface area contributed by atoms with Crippen LogP contribution >= 0.6 is 0 Å². The molecule has 0 spiro atoms. The van der Waals surface area contributed by atoms with Gasteiger partial charge < -0.3 is 9.53 Å². The molecule has 62 valence electrons. The SMILES string of the molecule is C=COC(=O)CCCCC=O. The number of unbranched alkanes of at least 4 members (excludes halogenated alkanes) is 2. The molecule has 0 aromatic heterocycles. The van der Waals surface area contributed by atoms with Gasteiger partial charge in [0.1, 0.15) is 6.29 Å². The lowest BCUT2D eigenvalue weighted by atomic mass is 10.2. The maximum absolute atomic E-state index is 10.6. The van der Waals surface area contributed by atoms with E-state index >= 15 is 0 Å². The second kappa shape index (κ2) is 6.99. The van der Waals surface area contributed by atoms with Gasteiger partial charge in [0.2, 0.25) is 0 Å². The van der Waals surface area contributed by atoms with Gasteiger partial charge in [-0.15, -0.1) is 0 Å². The van der Waals surface area contributed by atoms with Gasteiger partial charge in [-0.1, -0.05) is 6.58 Å². The number of hydrogen-bond acceptors (Lipinski definition) is 3. The van der Waals surface area contributed by atoms with Gasteiger partial charge in [-0.3, -0.25) is 4.79 Å². The van der Waals surface area contributed by atoms with Crippen LogP contribution in [0.15, 0.2) is 12.8 Å². The predicted molar refractivity (Wildman–Crippen MR) is 40.8 cm³/mol. The lowest BCUT2D eigenvalue weighted by Gasteiger charge is -1.96. The average Bonchev–Trinajstić information content (AvgIpc) is 1.99. The Morgan fingerprint density at radius 1 is 1.45 bits per heavy atom. The summed E-state index contributed by atoms with van der Waals surface area (Å²) in [6.07, 6.45) is 4.28. The molecule has 3 nitrogen and oxygen atoms in total. The third-order valence-electron chi connectivity index (χ3n) is 1.17. The Kier molecular flexibility index (Phi) is 6.28. The molecule has 0 rings (SSSR count). The smallest absolute Gasteiger partial charge is 0.310 e. The van der Waals surface area contributed by atoms with Crippen molar-refractivity contribution in [3.8, 4) is 0 Å². The second-order valence-corrected chi connectivity index (χ2v) is 2.07. The summed E-state index contributed by atoms with van der Waals surface area (Å²) in [5, 5.41) is 0. The molecule has 0 aromatic rings. The first-order valence-electron chi connectivity index (χ1n) is 3.55. The highest BCUT2D eigenvalue weighted by Crippen LogP contribution is 1.99. The first-order chi connectivity index (χ1) is 5.31. The van der Waals surface area contributed by atoms with Gasteiger partial charge in [0.25, 0.3) is 0 Å². The molecule has 0 saturated carbocycles. The van der Waals surface area contributed by atoms with E-state index in [1.165, 1.54) is 0 Å². The van der Waals surface area contributed by atoms with E-state index in [2.05, 4.69) is 11.3 Å². The van der Waals surface area contributed by atoms with Gasteiger partial charge in [0.15, 0.2) is 0 Å². The Hall–Kier alpha value is -1.12. The highest BCUT2D eigenvalue weighted by molar-refractivity contribution is 5.69. The van der Waals surface area contributed by atoms with Crippen molar-refractivity contribution in [2.45, 2.75) is 25.7 Å². The minimum absolute atomic E-state index is 0.286. The van der Waals surface area contributed by atoms with E-state index in [4.69, 9.17) is 0 Å². The first kappa shape index (κ1) is 9.88. The first-order valence-corrected chi connectivity index (χ1v) is 3.55. The minimum Gasteiger partial charge on any atom is -0.435 e. The van der Waals surface area contributed by atoms with Crippen LogP contribution in [0.1, 0.15) is 25.7 Å². The summed E-state index contributed by atoms with van der Waals surface area (Å²) in [6, 6.07) is 0. The van der Waals surface area contributed by atoms with Crippen LogP contribution in [0.2, 0.25) is 0 Å². The molecule has 0 aliphatic heterocycles. The topological polar surface area (TPSA) is 43.4 Å². The highest BCUT2D eigenvalue weighted by atomic mass is 16.5. The third-order valence-corrected chi connectivity index (χ3v) is 1.17. The van der Waals surface area contributed by atoms with Crippen molar-refractivity contribution < 1.29 is 14.3 Å². The maximum Gasteiger partial charge on any atom is 0.310 e. The van der Waals surface area contributed by atoms with Gasteiger partial charge in [0.05, 0.1) is 6.26 Å². The summed E-state index contributed by atoms with van der Waals surface area (Å²) >= 11 is 0. The lowest BCUT2D eigenvalue weighted by Crippen LogP contribution is -1.98. The molecule has 11 heavy (non-hydrogen) atoms. The van der Waals surface area contributed by atoms with Crippen molar-refractivity contribution in [3.05, 3.63) is 12.8 Å². The Labute approximate surface area is 66.0 Å². The largest absolute Gasteiger partial charge is 0.435 e. The number of hydrogen-bond donors (Lipinski definition) is 0. The van der Waals surface area contributed by atoms with Crippen LogP contribution in [0.3, 0.4) is 0 Å². The number of carbonyl (C=O) groups is 2. The zero-order valence-corrected chi connectivity index (χ0v) is 6.41. The van der Waals surface area contributed by atoms with E-state index in [-0.39, 0.29) is 5.97 Å². The van der Waals surface area contributed by atoms with Gasteiger partial charge in [-0.25, -0.2) is 0 Å².